The van der Waals surface area contributed by atoms with Crippen molar-refractivity contribution in [1.29, 1.82) is 10.5 Å². The molecule has 0 amide bonds. The average Bonchev–Trinajstić information content (AvgIpc) is 2.88. The van der Waals surface area contributed by atoms with Gasteiger partial charge in [-0.1, -0.05) is 0 Å². The first-order valence-corrected chi connectivity index (χ1v) is 8.15. The normalized spacial score (nSPS) is 13.7. The standard InChI is InChI=1S/C17H15N5S/c1-11-14(9-18)17(23-16(11)10-19)21-20-13-5-6-15-12(8-13)4-3-7-22(15)2/h5-6,8H,3-4,7H2,1-2H3/b21-20+. The molecular formula is C17H15N5S. The molecule has 3 rings (SSSR count). The van der Waals surface area contributed by atoms with Crippen LogP contribution in [0.25, 0.3) is 0 Å². The third kappa shape index (κ3) is 2.81. The van der Waals surface area contributed by atoms with Gasteiger partial charge in [-0.05, 0) is 49.1 Å². The molecule has 0 atom stereocenters. The van der Waals surface area contributed by atoms with Crippen LogP contribution >= 0.6 is 11.3 Å². The van der Waals surface area contributed by atoms with Gasteiger partial charge in [-0.3, -0.25) is 0 Å². The molecule has 5 nitrogen and oxygen atoms in total. The van der Waals surface area contributed by atoms with E-state index < -0.39 is 0 Å². The molecule has 0 saturated heterocycles. The van der Waals surface area contributed by atoms with Gasteiger partial charge >= 0.3 is 0 Å². The van der Waals surface area contributed by atoms with E-state index in [1.807, 2.05) is 12.1 Å². The molecule has 6 heteroatoms. The highest BCUT2D eigenvalue weighted by Gasteiger charge is 2.15. The Kier molecular flexibility index (Phi) is 4.10. The number of aryl methyl sites for hydroxylation is 1. The van der Waals surface area contributed by atoms with Crippen molar-refractivity contribution < 1.29 is 0 Å². The topological polar surface area (TPSA) is 75.5 Å². The van der Waals surface area contributed by atoms with Gasteiger partial charge in [-0.25, -0.2) is 0 Å². The van der Waals surface area contributed by atoms with Crippen LogP contribution in [0.5, 0.6) is 0 Å². The van der Waals surface area contributed by atoms with E-state index in [1.165, 1.54) is 22.6 Å². The van der Waals surface area contributed by atoms with Crippen LogP contribution < -0.4 is 4.90 Å². The molecule has 2 aromatic rings. The Morgan fingerprint density at radius 1 is 1.22 bits per heavy atom. The molecule has 0 aliphatic carbocycles. The summed E-state index contributed by atoms with van der Waals surface area (Å²) in [5.74, 6) is 0. The number of hydrogen-bond donors (Lipinski definition) is 0. The zero-order chi connectivity index (χ0) is 16.4. The Labute approximate surface area is 139 Å². The Morgan fingerprint density at radius 3 is 2.78 bits per heavy atom. The fourth-order valence-electron chi connectivity index (χ4n) is 2.74. The van der Waals surface area contributed by atoms with Crippen LogP contribution in [0.3, 0.4) is 0 Å². The second-order valence-electron chi connectivity index (χ2n) is 5.50. The summed E-state index contributed by atoms with van der Waals surface area (Å²) in [5, 5.41) is 27.3. The summed E-state index contributed by atoms with van der Waals surface area (Å²) in [4.78, 5) is 2.76. The number of azo groups is 1. The summed E-state index contributed by atoms with van der Waals surface area (Å²) >= 11 is 1.21. The van der Waals surface area contributed by atoms with Crippen molar-refractivity contribution in [3.8, 4) is 12.1 Å². The summed E-state index contributed by atoms with van der Waals surface area (Å²) < 4.78 is 0. The van der Waals surface area contributed by atoms with Crippen LogP contribution in [0.2, 0.25) is 0 Å². The van der Waals surface area contributed by atoms with Gasteiger partial charge in [0.1, 0.15) is 17.0 Å². The Bertz CT molecular complexity index is 866. The number of thiophene rings is 1. The molecule has 1 aliphatic heterocycles. The largest absolute Gasteiger partial charge is 0.374 e. The zero-order valence-electron chi connectivity index (χ0n) is 13.0. The monoisotopic (exact) mass is 321 g/mol. The number of nitrogens with zero attached hydrogens (tertiary/aromatic N) is 5. The van der Waals surface area contributed by atoms with Crippen molar-refractivity contribution in [2.45, 2.75) is 19.8 Å². The maximum absolute atomic E-state index is 9.23. The molecule has 23 heavy (non-hydrogen) atoms. The number of hydrogen-bond acceptors (Lipinski definition) is 6. The van der Waals surface area contributed by atoms with Gasteiger partial charge in [0.2, 0.25) is 0 Å². The number of benzene rings is 1. The second kappa shape index (κ2) is 6.20. The molecule has 0 unspecified atom stereocenters. The van der Waals surface area contributed by atoms with Crippen LogP contribution in [0.4, 0.5) is 16.4 Å². The van der Waals surface area contributed by atoms with Gasteiger partial charge in [0, 0.05) is 19.3 Å². The minimum absolute atomic E-state index is 0.438. The van der Waals surface area contributed by atoms with Crippen LogP contribution in [0.1, 0.15) is 28.0 Å². The van der Waals surface area contributed by atoms with E-state index >= 15 is 0 Å². The quantitative estimate of drug-likeness (QED) is 0.759. The fraction of sp³-hybridized carbons (Fsp3) is 0.294. The summed E-state index contributed by atoms with van der Waals surface area (Å²) in [6.45, 7) is 2.84. The molecule has 2 heterocycles. The van der Waals surface area contributed by atoms with Crippen molar-refractivity contribution in [3.05, 3.63) is 39.8 Å². The highest BCUT2D eigenvalue weighted by Crippen LogP contribution is 2.36. The third-order valence-corrected chi connectivity index (χ3v) is 5.09. The first-order chi connectivity index (χ1) is 11.1. The third-order valence-electron chi connectivity index (χ3n) is 4.01. The molecule has 114 valence electrons. The maximum atomic E-state index is 9.23. The molecule has 1 aromatic heterocycles. The van der Waals surface area contributed by atoms with Crippen molar-refractivity contribution in [2.24, 2.45) is 10.2 Å². The lowest BCUT2D eigenvalue weighted by molar-refractivity contribution is 0.744. The van der Waals surface area contributed by atoms with E-state index in [2.05, 4.69) is 40.4 Å². The number of fused-ring (bicyclic) bond motifs is 1. The van der Waals surface area contributed by atoms with Gasteiger partial charge in [0.15, 0.2) is 5.00 Å². The molecule has 0 bridgehead atoms. The van der Waals surface area contributed by atoms with E-state index in [9.17, 15) is 5.26 Å². The number of nitriles is 2. The van der Waals surface area contributed by atoms with Crippen LogP contribution in [0, 0.1) is 29.6 Å². The van der Waals surface area contributed by atoms with Crippen LogP contribution in [-0.4, -0.2) is 13.6 Å². The highest BCUT2D eigenvalue weighted by atomic mass is 32.1. The summed E-state index contributed by atoms with van der Waals surface area (Å²) in [7, 11) is 2.09. The number of rotatable bonds is 2. The van der Waals surface area contributed by atoms with Crippen molar-refractivity contribution >= 4 is 27.7 Å². The van der Waals surface area contributed by atoms with Gasteiger partial charge in [-0.2, -0.15) is 10.5 Å². The van der Waals surface area contributed by atoms with Crippen LogP contribution in [0.15, 0.2) is 28.4 Å². The summed E-state index contributed by atoms with van der Waals surface area (Å²) in [6, 6.07) is 10.2. The van der Waals surface area contributed by atoms with Gasteiger partial charge < -0.3 is 4.90 Å². The average molecular weight is 321 g/mol. The lowest BCUT2D eigenvalue weighted by atomic mass is 10.0. The van der Waals surface area contributed by atoms with E-state index in [-0.39, 0.29) is 0 Å². The first-order valence-electron chi connectivity index (χ1n) is 7.33. The molecular weight excluding hydrogens is 306 g/mol. The minimum atomic E-state index is 0.438. The lowest BCUT2D eigenvalue weighted by Crippen LogP contribution is -2.24. The van der Waals surface area contributed by atoms with Crippen LogP contribution in [-0.2, 0) is 6.42 Å². The van der Waals surface area contributed by atoms with Gasteiger partial charge in [-0.15, -0.1) is 21.6 Å². The molecule has 0 fully saturated rings. The SMILES string of the molecule is Cc1c(C#N)sc(/N=N/c2ccc3c(c2)CCCN3C)c1C#N. The summed E-state index contributed by atoms with van der Waals surface area (Å²) in [5.41, 5.74) is 4.41. The molecule has 1 aromatic carbocycles. The van der Waals surface area contributed by atoms with E-state index in [1.54, 1.807) is 6.92 Å². The molecule has 0 saturated carbocycles. The second-order valence-corrected chi connectivity index (χ2v) is 6.50. The van der Waals surface area contributed by atoms with Crippen molar-refractivity contribution in [1.82, 2.24) is 0 Å². The molecule has 1 aliphatic rings. The van der Waals surface area contributed by atoms with Crippen molar-refractivity contribution in [3.63, 3.8) is 0 Å². The van der Waals surface area contributed by atoms with Crippen molar-refractivity contribution in [2.75, 3.05) is 18.5 Å². The zero-order valence-corrected chi connectivity index (χ0v) is 13.8. The van der Waals surface area contributed by atoms with E-state index in [0.717, 1.165) is 25.1 Å². The van der Waals surface area contributed by atoms with Gasteiger partial charge in [0.25, 0.3) is 0 Å². The Hall–Kier alpha value is -2.70. The van der Waals surface area contributed by atoms with E-state index in [4.69, 9.17) is 5.26 Å². The fourth-order valence-corrected chi connectivity index (χ4v) is 3.62. The van der Waals surface area contributed by atoms with E-state index in [0.29, 0.717) is 21.0 Å². The Balaban J connectivity index is 1.93. The summed E-state index contributed by atoms with van der Waals surface area (Å²) in [6.07, 6.45) is 2.18. The Morgan fingerprint density at radius 2 is 2.04 bits per heavy atom. The lowest BCUT2D eigenvalue weighted by Gasteiger charge is -2.27. The molecule has 0 spiro atoms. The maximum Gasteiger partial charge on any atom is 0.158 e. The van der Waals surface area contributed by atoms with Gasteiger partial charge in [0.05, 0.1) is 11.3 Å². The highest BCUT2D eigenvalue weighted by molar-refractivity contribution is 7.16. The smallest absolute Gasteiger partial charge is 0.158 e. The predicted molar refractivity (Wildman–Crippen MR) is 90.7 cm³/mol. The minimum Gasteiger partial charge on any atom is -0.374 e. The number of anilines is 1. The predicted octanol–water partition coefficient (Wildman–Crippen LogP) is 4.60. The molecule has 0 N–H and O–H groups in total. The first kappa shape index (κ1) is 15.2. The molecule has 0 radical (unpaired) electrons.